The molecule has 1 saturated carbocycles. The van der Waals surface area contributed by atoms with Crippen LogP contribution in [0, 0.1) is 11.3 Å². The quantitative estimate of drug-likeness (QED) is 0.668. The molecule has 3 aliphatic rings. The van der Waals surface area contributed by atoms with E-state index in [1.807, 2.05) is 0 Å². The SMILES string of the molecule is O=C(NC1COC1)C1CC12CCNCC2. The molecule has 1 atom stereocenters. The average Bonchev–Trinajstić information content (AvgIpc) is 2.87. The Balaban J connectivity index is 1.53. The van der Waals surface area contributed by atoms with E-state index < -0.39 is 0 Å². The Kier molecular flexibility index (Phi) is 2.21. The molecule has 84 valence electrons. The van der Waals surface area contributed by atoms with Gasteiger partial charge in [-0.1, -0.05) is 0 Å². The zero-order valence-corrected chi connectivity index (χ0v) is 8.92. The number of carbonyl (C=O) groups excluding carboxylic acids is 1. The summed E-state index contributed by atoms with van der Waals surface area (Å²) in [5.74, 6) is 0.561. The van der Waals surface area contributed by atoms with Crippen molar-refractivity contribution in [3.8, 4) is 0 Å². The van der Waals surface area contributed by atoms with Gasteiger partial charge in [-0.05, 0) is 37.8 Å². The Morgan fingerprint density at radius 1 is 1.33 bits per heavy atom. The lowest BCUT2D eigenvalue weighted by molar-refractivity contribution is -0.127. The minimum Gasteiger partial charge on any atom is -0.377 e. The standard InChI is InChI=1S/C11H18N2O2/c14-10(13-8-6-15-7-8)9-5-11(9)1-3-12-4-2-11/h8-9,12H,1-7H2,(H,13,14). The second kappa shape index (κ2) is 3.46. The van der Waals surface area contributed by atoms with Crippen LogP contribution >= 0.6 is 0 Å². The van der Waals surface area contributed by atoms with Gasteiger partial charge in [-0.15, -0.1) is 0 Å². The molecule has 2 saturated heterocycles. The van der Waals surface area contributed by atoms with Crippen molar-refractivity contribution >= 4 is 5.91 Å². The van der Waals surface area contributed by atoms with Gasteiger partial charge in [0, 0.05) is 5.92 Å². The number of piperidine rings is 1. The van der Waals surface area contributed by atoms with E-state index in [2.05, 4.69) is 10.6 Å². The second-order valence-electron chi connectivity index (χ2n) is 5.11. The maximum Gasteiger partial charge on any atom is 0.224 e. The molecule has 1 unspecified atom stereocenters. The molecule has 3 fully saturated rings. The highest BCUT2D eigenvalue weighted by atomic mass is 16.5. The fourth-order valence-corrected chi connectivity index (χ4v) is 2.82. The van der Waals surface area contributed by atoms with Crippen LogP contribution in [0.15, 0.2) is 0 Å². The van der Waals surface area contributed by atoms with Gasteiger partial charge in [-0.2, -0.15) is 0 Å². The topological polar surface area (TPSA) is 50.4 Å². The highest BCUT2D eigenvalue weighted by Gasteiger charge is 2.57. The number of hydrogen-bond donors (Lipinski definition) is 2. The van der Waals surface area contributed by atoms with Crippen LogP contribution in [0.25, 0.3) is 0 Å². The van der Waals surface area contributed by atoms with Gasteiger partial charge < -0.3 is 15.4 Å². The van der Waals surface area contributed by atoms with E-state index in [4.69, 9.17) is 4.74 Å². The van der Waals surface area contributed by atoms with Crippen molar-refractivity contribution in [1.29, 1.82) is 0 Å². The Morgan fingerprint density at radius 2 is 2.07 bits per heavy atom. The van der Waals surface area contributed by atoms with Crippen LogP contribution in [-0.2, 0) is 9.53 Å². The third kappa shape index (κ3) is 1.66. The summed E-state index contributed by atoms with van der Waals surface area (Å²) in [5.41, 5.74) is 0.361. The number of hydrogen-bond acceptors (Lipinski definition) is 3. The number of rotatable bonds is 2. The van der Waals surface area contributed by atoms with Crippen molar-refractivity contribution in [3.63, 3.8) is 0 Å². The molecule has 1 spiro atoms. The Labute approximate surface area is 89.7 Å². The van der Waals surface area contributed by atoms with E-state index in [1.165, 1.54) is 12.8 Å². The summed E-state index contributed by atoms with van der Waals surface area (Å²) in [6.45, 7) is 3.56. The molecule has 4 heteroatoms. The van der Waals surface area contributed by atoms with E-state index in [0.29, 0.717) is 24.5 Å². The number of ether oxygens (including phenoxy) is 1. The lowest BCUT2D eigenvalue weighted by atomic mass is 9.91. The first-order chi connectivity index (χ1) is 7.30. The summed E-state index contributed by atoms with van der Waals surface area (Å²) >= 11 is 0. The van der Waals surface area contributed by atoms with Crippen LogP contribution in [0.4, 0.5) is 0 Å². The van der Waals surface area contributed by atoms with E-state index in [0.717, 1.165) is 19.5 Å². The number of nitrogens with one attached hydrogen (secondary N) is 2. The number of carbonyl (C=O) groups is 1. The molecule has 2 N–H and O–H groups in total. The van der Waals surface area contributed by atoms with Crippen molar-refractivity contribution in [3.05, 3.63) is 0 Å². The lowest BCUT2D eigenvalue weighted by Crippen LogP contribution is -2.49. The highest BCUT2D eigenvalue weighted by Crippen LogP contribution is 2.58. The maximum absolute atomic E-state index is 11.9. The largest absolute Gasteiger partial charge is 0.377 e. The first-order valence-corrected chi connectivity index (χ1v) is 5.89. The Bertz CT molecular complexity index is 270. The molecule has 15 heavy (non-hydrogen) atoms. The monoisotopic (exact) mass is 210 g/mol. The van der Waals surface area contributed by atoms with E-state index in [9.17, 15) is 4.79 Å². The van der Waals surface area contributed by atoms with Crippen molar-refractivity contribution in [2.45, 2.75) is 25.3 Å². The fourth-order valence-electron chi connectivity index (χ4n) is 2.82. The average molecular weight is 210 g/mol. The zero-order chi connectivity index (χ0) is 10.3. The minimum absolute atomic E-state index is 0.269. The second-order valence-corrected chi connectivity index (χ2v) is 5.11. The molecule has 0 bridgehead atoms. The summed E-state index contributed by atoms with van der Waals surface area (Å²) in [5, 5.41) is 6.42. The van der Waals surface area contributed by atoms with Crippen LogP contribution in [0.2, 0.25) is 0 Å². The first kappa shape index (κ1) is 9.60. The third-order valence-electron chi connectivity index (χ3n) is 4.09. The Morgan fingerprint density at radius 3 is 2.67 bits per heavy atom. The normalized spacial score (nSPS) is 33.5. The molecule has 2 aliphatic heterocycles. The predicted molar refractivity (Wildman–Crippen MR) is 55.4 cm³/mol. The Hall–Kier alpha value is -0.610. The molecule has 1 amide bonds. The molecule has 0 radical (unpaired) electrons. The lowest BCUT2D eigenvalue weighted by Gasteiger charge is -2.28. The third-order valence-corrected chi connectivity index (χ3v) is 4.09. The van der Waals surface area contributed by atoms with Gasteiger partial charge in [-0.3, -0.25) is 4.79 Å². The number of amides is 1. The summed E-state index contributed by atoms with van der Waals surface area (Å²) in [6, 6.07) is 0.289. The van der Waals surface area contributed by atoms with E-state index in [1.54, 1.807) is 0 Å². The molecule has 0 aromatic carbocycles. The van der Waals surface area contributed by atoms with Gasteiger partial charge in [-0.25, -0.2) is 0 Å². The summed E-state index contributed by atoms with van der Waals surface area (Å²) in [6.07, 6.45) is 3.45. The van der Waals surface area contributed by atoms with E-state index >= 15 is 0 Å². The predicted octanol–water partition coefficient (Wildman–Crippen LogP) is -0.109. The van der Waals surface area contributed by atoms with Gasteiger partial charge in [0.25, 0.3) is 0 Å². The highest BCUT2D eigenvalue weighted by molar-refractivity contribution is 5.83. The minimum atomic E-state index is 0.269. The molecule has 0 aromatic rings. The fraction of sp³-hybridized carbons (Fsp3) is 0.909. The molecule has 0 aromatic heterocycles. The molecular formula is C11H18N2O2. The van der Waals surface area contributed by atoms with Gasteiger partial charge in [0.2, 0.25) is 5.91 Å². The first-order valence-electron chi connectivity index (χ1n) is 5.89. The summed E-state index contributed by atoms with van der Waals surface area (Å²) in [7, 11) is 0. The zero-order valence-electron chi connectivity index (χ0n) is 8.92. The van der Waals surface area contributed by atoms with Crippen LogP contribution in [0.1, 0.15) is 19.3 Å². The van der Waals surface area contributed by atoms with Crippen LogP contribution in [0.3, 0.4) is 0 Å². The van der Waals surface area contributed by atoms with Crippen molar-refractivity contribution in [2.75, 3.05) is 26.3 Å². The molecule has 1 aliphatic carbocycles. The molecule has 2 heterocycles. The van der Waals surface area contributed by atoms with Crippen molar-refractivity contribution in [2.24, 2.45) is 11.3 Å². The van der Waals surface area contributed by atoms with Gasteiger partial charge in [0.1, 0.15) is 0 Å². The molecular weight excluding hydrogens is 192 g/mol. The van der Waals surface area contributed by atoms with Crippen molar-refractivity contribution in [1.82, 2.24) is 10.6 Å². The van der Waals surface area contributed by atoms with Crippen LogP contribution in [0.5, 0.6) is 0 Å². The van der Waals surface area contributed by atoms with Gasteiger partial charge in [0.15, 0.2) is 0 Å². The van der Waals surface area contributed by atoms with Gasteiger partial charge >= 0.3 is 0 Å². The van der Waals surface area contributed by atoms with Gasteiger partial charge in [0.05, 0.1) is 19.3 Å². The van der Waals surface area contributed by atoms with Crippen LogP contribution < -0.4 is 10.6 Å². The smallest absolute Gasteiger partial charge is 0.224 e. The van der Waals surface area contributed by atoms with Crippen molar-refractivity contribution < 1.29 is 9.53 Å². The van der Waals surface area contributed by atoms with E-state index in [-0.39, 0.29) is 11.9 Å². The summed E-state index contributed by atoms with van der Waals surface area (Å²) in [4.78, 5) is 11.9. The molecule has 4 nitrogen and oxygen atoms in total. The molecule has 3 rings (SSSR count). The maximum atomic E-state index is 11.9. The summed E-state index contributed by atoms with van der Waals surface area (Å²) < 4.78 is 5.05. The van der Waals surface area contributed by atoms with Crippen LogP contribution in [-0.4, -0.2) is 38.3 Å².